The van der Waals surface area contributed by atoms with Crippen molar-refractivity contribution in [2.24, 2.45) is 5.73 Å². The summed E-state index contributed by atoms with van der Waals surface area (Å²) in [6, 6.07) is 8.17. The Morgan fingerprint density at radius 2 is 2.20 bits per heavy atom. The first-order chi connectivity index (χ1) is 7.27. The maximum atomic E-state index is 5.45. The normalized spacial score (nSPS) is 10.7. The zero-order valence-corrected chi connectivity index (χ0v) is 9.20. The van der Waals surface area contributed by atoms with E-state index >= 15 is 0 Å². The lowest BCUT2D eigenvalue weighted by molar-refractivity contribution is 0.608. The van der Waals surface area contributed by atoms with Gasteiger partial charge in [0.2, 0.25) is 0 Å². The molecule has 0 atom stereocenters. The average molecular weight is 219 g/mol. The van der Waals surface area contributed by atoms with Gasteiger partial charge in [0.05, 0.1) is 16.7 Å². The molecular formula is C11H13N3S. The number of nitrogens with two attached hydrogens (primary N) is 1. The van der Waals surface area contributed by atoms with Crippen LogP contribution >= 0.6 is 12.2 Å². The van der Waals surface area contributed by atoms with Crippen molar-refractivity contribution in [2.75, 3.05) is 0 Å². The van der Waals surface area contributed by atoms with E-state index in [2.05, 4.69) is 17.2 Å². The van der Waals surface area contributed by atoms with E-state index in [1.807, 2.05) is 23.0 Å². The van der Waals surface area contributed by atoms with Crippen LogP contribution in [0.25, 0.3) is 10.9 Å². The van der Waals surface area contributed by atoms with Crippen molar-refractivity contribution in [3.05, 3.63) is 30.5 Å². The highest BCUT2D eigenvalue weighted by Crippen LogP contribution is 2.13. The molecule has 0 spiro atoms. The molecule has 0 unspecified atom stereocenters. The van der Waals surface area contributed by atoms with E-state index in [4.69, 9.17) is 18.0 Å². The van der Waals surface area contributed by atoms with Crippen LogP contribution in [0.4, 0.5) is 0 Å². The third kappa shape index (κ3) is 2.33. The topological polar surface area (TPSA) is 43.8 Å². The number of benzene rings is 1. The standard InChI is InChI=1S/C11H13N3S/c12-11(15)6-3-7-14-10-5-2-1-4-9(10)8-13-14/h1-2,4-5,8H,3,6-7H2,(H2,12,15). The van der Waals surface area contributed by atoms with Crippen molar-refractivity contribution < 1.29 is 0 Å². The summed E-state index contributed by atoms with van der Waals surface area (Å²) >= 11 is 4.83. The summed E-state index contributed by atoms with van der Waals surface area (Å²) in [5.41, 5.74) is 6.61. The molecule has 0 aliphatic heterocycles. The summed E-state index contributed by atoms with van der Waals surface area (Å²) in [6.45, 7) is 0.866. The van der Waals surface area contributed by atoms with Crippen LogP contribution in [-0.4, -0.2) is 14.8 Å². The summed E-state index contributed by atoms with van der Waals surface area (Å²) in [4.78, 5) is 0.575. The van der Waals surface area contributed by atoms with Crippen LogP contribution in [0.1, 0.15) is 12.8 Å². The van der Waals surface area contributed by atoms with Gasteiger partial charge in [0.25, 0.3) is 0 Å². The lowest BCUT2D eigenvalue weighted by Gasteiger charge is -2.02. The predicted molar refractivity (Wildman–Crippen MR) is 65.8 cm³/mol. The molecule has 0 amide bonds. The fourth-order valence-corrected chi connectivity index (χ4v) is 1.75. The van der Waals surface area contributed by atoms with Gasteiger partial charge in [-0.05, 0) is 18.9 Å². The quantitative estimate of drug-likeness (QED) is 0.801. The largest absolute Gasteiger partial charge is 0.393 e. The number of nitrogens with zero attached hydrogens (tertiary/aromatic N) is 2. The van der Waals surface area contributed by atoms with Gasteiger partial charge in [-0.1, -0.05) is 30.4 Å². The highest BCUT2D eigenvalue weighted by Gasteiger charge is 2.00. The van der Waals surface area contributed by atoms with E-state index in [0.717, 1.165) is 19.4 Å². The Bertz CT molecular complexity index is 475. The lowest BCUT2D eigenvalue weighted by atomic mass is 10.2. The lowest BCUT2D eigenvalue weighted by Crippen LogP contribution is -2.09. The third-order valence-electron chi connectivity index (χ3n) is 2.34. The molecule has 0 aliphatic carbocycles. The van der Waals surface area contributed by atoms with Gasteiger partial charge in [0, 0.05) is 11.9 Å². The summed E-state index contributed by atoms with van der Waals surface area (Å²) in [5.74, 6) is 0. The van der Waals surface area contributed by atoms with Crippen molar-refractivity contribution in [1.82, 2.24) is 9.78 Å². The molecule has 1 aromatic carbocycles. The number of thiocarbonyl (C=S) groups is 1. The Morgan fingerprint density at radius 1 is 1.40 bits per heavy atom. The maximum absolute atomic E-state index is 5.45. The number of hydrogen-bond donors (Lipinski definition) is 1. The van der Waals surface area contributed by atoms with Crippen molar-refractivity contribution >= 4 is 28.1 Å². The van der Waals surface area contributed by atoms with Gasteiger partial charge in [-0.2, -0.15) is 5.10 Å². The first-order valence-corrected chi connectivity index (χ1v) is 5.37. The highest BCUT2D eigenvalue weighted by atomic mass is 32.1. The number of fused-ring (bicyclic) bond motifs is 1. The number of aromatic nitrogens is 2. The van der Waals surface area contributed by atoms with E-state index in [1.165, 1.54) is 10.9 Å². The zero-order valence-electron chi connectivity index (χ0n) is 8.39. The smallest absolute Gasteiger partial charge is 0.0728 e. The second-order valence-corrected chi connectivity index (χ2v) is 4.02. The maximum Gasteiger partial charge on any atom is 0.0728 e. The fourth-order valence-electron chi connectivity index (χ4n) is 1.61. The van der Waals surface area contributed by atoms with Crippen LogP contribution in [0.3, 0.4) is 0 Å². The molecule has 3 nitrogen and oxygen atoms in total. The van der Waals surface area contributed by atoms with E-state index in [0.29, 0.717) is 4.99 Å². The molecular weight excluding hydrogens is 206 g/mol. The van der Waals surface area contributed by atoms with Crippen LogP contribution < -0.4 is 5.73 Å². The van der Waals surface area contributed by atoms with Gasteiger partial charge in [-0.3, -0.25) is 4.68 Å². The minimum Gasteiger partial charge on any atom is -0.393 e. The Morgan fingerprint density at radius 3 is 3.00 bits per heavy atom. The van der Waals surface area contributed by atoms with Gasteiger partial charge < -0.3 is 5.73 Å². The van der Waals surface area contributed by atoms with Gasteiger partial charge in [0.15, 0.2) is 0 Å². The zero-order chi connectivity index (χ0) is 10.7. The Hall–Kier alpha value is -1.42. The number of para-hydroxylation sites is 1. The molecule has 2 aromatic rings. The average Bonchev–Trinajstić information content (AvgIpc) is 2.62. The van der Waals surface area contributed by atoms with Gasteiger partial charge in [0.1, 0.15) is 0 Å². The van der Waals surface area contributed by atoms with Crippen molar-refractivity contribution in [1.29, 1.82) is 0 Å². The van der Waals surface area contributed by atoms with Crippen LogP contribution in [0, 0.1) is 0 Å². The first-order valence-electron chi connectivity index (χ1n) is 4.96. The molecule has 2 N–H and O–H groups in total. The van der Waals surface area contributed by atoms with Crippen LogP contribution in [0.2, 0.25) is 0 Å². The molecule has 0 fully saturated rings. The second-order valence-electron chi connectivity index (χ2n) is 3.50. The minimum atomic E-state index is 0.575. The van der Waals surface area contributed by atoms with Gasteiger partial charge >= 0.3 is 0 Å². The fraction of sp³-hybridized carbons (Fsp3) is 0.273. The van der Waals surface area contributed by atoms with Gasteiger partial charge in [-0.15, -0.1) is 0 Å². The van der Waals surface area contributed by atoms with E-state index < -0.39 is 0 Å². The summed E-state index contributed by atoms with van der Waals surface area (Å²) < 4.78 is 1.99. The molecule has 0 bridgehead atoms. The van der Waals surface area contributed by atoms with Crippen LogP contribution in [0.15, 0.2) is 30.5 Å². The molecule has 2 rings (SSSR count). The van der Waals surface area contributed by atoms with Crippen molar-refractivity contribution in [3.8, 4) is 0 Å². The molecule has 15 heavy (non-hydrogen) atoms. The van der Waals surface area contributed by atoms with E-state index in [1.54, 1.807) is 0 Å². The summed E-state index contributed by atoms with van der Waals surface area (Å²) in [7, 11) is 0. The van der Waals surface area contributed by atoms with E-state index in [9.17, 15) is 0 Å². The van der Waals surface area contributed by atoms with E-state index in [-0.39, 0.29) is 0 Å². The van der Waals surface area contributed by atoms with Crippen LogP contribution in [0.5, 0.6) is 0 Å². The minimum absolute atomic E-state index is 0.575. The molecule has 1 heterocycles. The third-order valence-corrected chi connectivity index (χ3v) is 2.55. The number of aryl methyl sites for hydroxylation is 1. The molecule has 78 valence electrons. The number of rotatable bonds is 4. The summed E-state index contributed by atoms with van der Waals surface area (Å²) in [5, 5.41) is 5.50. The number of hydrogen-bond acceptors (Lipinski definition) is 2. The predicted octanol–water partition coefficient (Wildman–Crippen LogP) is 2.10. The molecule has 1 aromatic heterocycles. The Labute approximate surface area is 93.9 Å². The Balaban J connectivity index is 2.11. The Kier molecular flexibility index (Phi) is 2.97. The highest BCUT2D eigenvalue weighted by molar-refractivity contribution is 7.80. The summed E-state index contributed by atoms with van der Waals surface area (Å²) in [6.07, 6.45) is 3.61. The monoisotopic (exact) mass is 219 g/mol. The van der Waals surface area contributed by atoms with Gasteiger partial charge in [-0.25, -0.2) is 0 Å². The van der Waals surface area contributed by atoms with Crippen molar-refractivity contribution in [2.45, 2.75) is 19.4 Å². The second kappa shape index (κ2) is 4.40. The first kappa shape index (κ1) is 10.1. The van der Waals surface area contributed by atoms with Crippen LogP contribution in [-0.2, 0) is 6.54 Å². The molecule has 0 aliphatic rings. The molecule has 0 radical (unpaired) electrons. The van der Waals surface area contributed by atoms with Crippen molar-refractivity contribution in [3.63, 3.8) is 0 Å². The molecule has 0 saturated heterocycles. The molecule has 4 heteroatoms. The molecule has 0 saturated carbocycles. The SMILES string of the molecule is NC(=S)CCCn1ncc2ccccc21.